The van der Waals surface area contributed by atoms with Crippen molar-refractivity contribution in [2.24, 2.45) is 0 Å². The van der Waals surface area contributed by atoms with Gasteiger partial charge < -0.3 is 0 Å². The lowest BCUT2D eigenvalue weighted by Gasteiger charge is -2.05. The summed E-state index contributed by atoms with van der Waals surface area (Å²) in [5, 5.41) is 0. The Labute approximate surface area is 81.1 Å². The lowest BCUT2D eigenvalue weighted by atomic mass is 10.1. The van der Waals surface area contributed by atoms with E-state index in [0.29, 0.717) is 5.56 Å². The molecule has 0 heterocycles. The molecule has 0 aliphatic heterocycles. The molecule has 3 heteroatoms. The Hall–Kier alpha value is -1.25. The van der Waals surface area contributed by atoms with E-state index in [2.05, 4.69) is 0 Å². The van der Waals surface area contributed by atoms with E-state index in [-0.39, 0.29) is 0 Å². The molecule has 0 nitrogen and oxygen atoms in total. The van der Waals surface area contributed by atoms with Gasteiger partial charge >= 0.3 is 6.18 Å². The van der Waals surface area contributed by atoms with Crippen LogP contribution in [0.25, 0.3) is 6.08 Å². The molecule has 0 aromatic heterocycles. The molecule has 0 saturated carbocycles. The normalized spacial score (nSPS) is 12.3. The number of allylic oxidation sites excluding steroid dienone is 1. The number of benzene rings is 1. The Morgan fingerprint density at radius 1 is 1.14 bits per heavy atom. The number of alkyl halides is 3. The number of halogens is 3. The zero-order valence-corrected chi connectivity index (χ0v) is 7.81. The van der Waals surface area contributed by atoms with Gasteiger partial charge in [-0.2, -0.15) is 13.2 Å². The lowest BCUT2D eigenvalue weighted by molar-refractivity contribution is -0.127. The van der Waals surface area contributed by atoms with Gasteiger partial charge in [-0.1, -0.05) is 36.4 Å². The van der Waals surface area contributed by atoms with Gasteiger partial charge in [0.2, 0.25) is 0 Å². The van der Waals surface area contributed by atoms with E-state index < -0.39 is 12.6 Å². The Morgan fingerprint density at radius 2 is 1.71 bits per heavy atom. The van der Waals surface area contributed by atoms with E-state index in [0.717, 1.165) is 5.56 Å². The van der Waals surface area contributed by atoms with Gasteiger partial charge in [-0.15, -0.1) is 0 Å². The van der Waals surface area contributed by atoms with Gasteiger partial charge in [0, 0.05) is 0 Å². The highest BCUT2D eigenvalue weighted by Gasteiger charge is 2.27. The Balaban J connectivity index is 2.74. The maximum atomic E-state index is 12.0. The number of rotatable bonds is 2. The predicted molar refractivity (Wildman–Crippen MR) is 50.9 cm³/mol. The minimum absolute atomic E-state index is 0.297. The van der Waals surface area contributed by atoms with Gasteiger partial charge in [-0.3, -0.25) is 0 Å². The van der Waals surface area contributed by atoms with E-state index in [1.165, 1.54) is 12.1 Å². The molecule has 1 aromatic carbocycles. The summed E-state index contributed by atoms with van der Waals surface area (Å²) in [5.74, 6) is 0. The zero-order chi connectivity index (χ0) is 10.6. The summed E-state index contributed by atoms with van der Waals surface area (Å²) in [6, 6.07) is 6.37. The molecule has 0 aliphatic rings. The molecule has 0 N–H and O–H groups in total. The largest absolute Gasteiger partial charge is 0.393 e. The van der Waals surface area contributed by atoms with Crippen LogP contribution in [0.15, 0.2) is 30.3 Å². The smallest absolute Gasteiger partial charge is 0.171 e. The van der Waals surface area contributed by atoms with Crippen molar-refractivity contribution in [3.63, 3.8) is 0 Å². The quantitative estimate of drug-likeness (QED) is 0.680. The summed E-state index contributed by atoms with van der Waals surface area (Å²) in [6.07, 6.45) is -1.29. The van der Waals surface area contributed by atoms with Crippen molar-refractivity contribution in [2.75, 3.05) is 0 Å². The standard InChI is InChI=1S/C11H11F3/c1-2-3-9-4-6-10(7-5-9)8-11(12,13)14/h2-7H,8H2,1H3. The highest BCUT2D eigenvalue weighted by molar-refractivity contribution is 5.49. The summed E-state index contributed by atoms with van der Waals surface area (Å²) in [7, 11) is 0. The first-order valence-electron chi connectivity index (χ1n) is 4.29. The predicted octanol–water partition coefficient (Wildman–Crippen LogP) is 3.82. The van der Waals surface area contributed by atoms with Gasteiger partial charge in [0.15, 0.2) is 0 Å². The molecule has 0 bridgehead atoms. The summed E-state index contributed by atoms with van der Waals surface area (Å²) < 4.78 is 35.9. The molecule has 0 spiro atoms. The fraction of sp³-hybridized carbons (Fsp3) is 0.273. The average Bonchev–Trinajstić information content (AvgIpc) is 2.06. The second kappa shape index (κ2) is 4.31. The molecule has 0 fully saturated rings. The van der Waals surface area contributed by atoms with E-state index in [1.54, 1.807) is 12.1 Å². The first-order valence-corrected chi connectivity index (χ1v) is 4.29. The SMILES string of the molecule is CC=Cc1ccc(CC(F)(F)F)cc1. The highest BCUT2D eigenvalue weighted by atomic mass is 19.4. The molecule has 0 unspecified atom stereocenters. The molecule has 14 heavy (non-hydrogen) atoms. The first-order chi connectivity index (χ1) is 6.51. The lowest BCUT2D eigenvalue weighted by Crippen LogP contribution is -2.11. The second-order valence-electron chi connectivity index (χ2n) is 3.03. The third-order valence-electron chi connectivity index (χ3n) is 1.74. The van der Waals surface area contributed by atoms with Gasteiger partial charge in [-0.05, 0) is 18.1 Å². The molecule has 0 saturated heterocycles. The van der Waals surface area contributed by atoms with Gasteiger partial charge in [0.1, 0.15) is 0 Å². The maximum Gasteiger partial charge on any atom is 0.393 e. The van der Waals surface area contributed by atoms with Crippen molar-refractivity contribution in [2.45, 2.75) is 19.5 Å². The van der Waals surface area contributed by atoms with Crippen LogP contribution in [-0.4, -0.2) is 6.18 Å². The van der Waals surface area contributed by atoms with Crippen LogP contribution in [0.2, 0.25) is 0 Å². The van der Waals surface area contributed by atoms with Crippen LogP contribution in [0, 0.1) is 0 Å². The van der Waals surface area contributed by atoms with Gasteiger partial charge in [0.25, 0.3) is 0 Å². The zero-order valence-electron chi connectivity index (χ0n) is 7.81. The molecule has 76 valence electrons. The Bertz CT molecular complexity index is 306. The molecule has 0 amide bonds. The van der Waals surface area contributed by atoms with Crippen LogP contribution in [0.4, 0.5) is 13.2 Å². The van der Waals surface area contributed by atoms with Crippen molar-refractivity contribution in [1.82, 2.24) is 0 Å². The summed E-state index contributed by atoms with van der Waals surface area (Å²) >= 11 is 0. The van der Waals surface area contributed by atoms with Gasteiger partial charge in [0.05, 0.1) is 6.42 Å². The molecule has 0 aliphatic carbocycles. The average molecular weight is 200 g/mol. The van der Waals surface area contributed by atoms with Crippen LogP contribution in [0.5, 0.6) is 0 Å². The first kappa shape index (κ1) is 10.8. The maximum absolute atomic E-state index is 12.0. The topological polar surface area (TPSA) is 0 Å². The molecular weight excluding hydrogens is 189 g/mol. The molecule has 0 radical (unpaired) electrons. The van der Waals surface area contributed by atoms with Crippen molar-refractivity contribution < 1.29 is 13.2 Å². The number of hydrogen-bond donors (Lipinski definition) is 0. The van der Waals surface area contributed by atoms with Crippen LogP contribution in [0.1, 0.15) is 18.1 Å². The van der Waals surface area contributed by atoms with Crippen molar-refractivity contribution in [3.8, 4) is 0 Å². The molecule has 1 aromatic rings. The second-order valence-corrected chi connectivity index (χ2v) is 3.03. The van der Waals surface area contributed by atoms with E-state index in [1.807, 2.05) is 19.1 Å². The van der Waals surface area contributed by atoms with Crippen molar-refractivity contribution >= 4 is 6.08 Å². The van der Waals surface area contributed by atoms with Gasteiger partial charge in [-0.25, -0.2) is 0 Å². The van der Waals surface area contributed by atoms with Crippen LogP contribution >= 0.6 is 0 Å². The minimum atomic E-state index is -4.12. The third-order valence-corrected chi connectivity index (χ3v) is 1.74. The summed E-state index contributed by atoms with van der Waals surface area (Å²) in [6.45, 7) is 1.86. The summed E-state index contributed by atoms with van der Waals surface area (Å²) in [4.78, 5) is 0. The molecule has 0 atom stereocenters. The Morgan fingerprint density at radius 3 is 2.14 bits per heavy atom. The van der Waals surface area contributed by atoms with Crippen LogP contribution in [0.3, 0.4) is 0 Å². The van der Waals surface area contributed by atoms with Crippen LogP contribution < -0.4 is 0 Å². The fourth-order valence-corrected chi connectivity index (χ4v) is 1.17. The van der Waals surface area contributed by atoms with Crippen molar-refractivity contribution in [3.05, 3.63) is 41.5 Å². The monoisotopic (exact) mass is 200 g/mol. The molecule has 1 rings (SSSR count). The minimum Gasteiger partial charge on any atom is -0.171 e. The van der Waals surface area contributed by atoms with E-state index in [4.69, 9.17) is 0 Å². The highest BCUT2D eigenvalue weighted by Crippen LogP contribution is 2.21. The number of hydrogen-bond acceptors (Lipinski definition) is 0. The van der Waals surface area contributed by atoms with Crippen LogP contribution in [-0.2, 0) is 6.42 Å². The summed E-state index contributed by atoms with van der Waals surface area (Å²) in [5.41, 5.74) is 1.21. The Kier molecular flexibility index (Phi) is 3.33. The third kappa shape index (κ3) is 3.64. The fourth-order valence-electron chi connectivity index (χ4n) is 1.17. The van der Waals surface area contributed by atoms with E-state index in [9.17, 15) is 13.2 Å². The van der Waals surface area contributed by atoms with Crippen molar-refractivity contribution in [1.29, 1.82) is 0 Å². The van der Waals surface area contributed by atoms with E-state index >= 15 is 0 Å². The molecular formula is C11H11F3.